The third kappa shape index (κ3) is 5.33. The number of carbonyl (C=O) groups is 1. The maximum Gasteiger partial charge on any atom is 0.338 e. The van der Waals surface area contributed by atoms with Crippen molar-refractivity contribution in [3.05, 3.63) is 59.7 Å². The highest BCUT2D eigenvalue weighted by molar-refractivity contribution is 7.92. The van der Waals surface area contributed by atoms with E-state index in [1.807, 2.05) is 25.1 Å². The van der Waals surface area contributed by atoms with Crippen LogP contribution in [-0.4, -0.2) is 21.0 Å². The van der Waals surface area contributed by atoms with Crippen LogP contribution < -0.4 is 4.72 Å². The Balaban J connectivity index is 2.04. The zero-order valence-electron chi connectivity index (χ0n) is 13.7. The molecule has 7 heteroatoms. The number of anilines is 1. The van der Waals surface area contributed by atoms with E-state index in [1.165, 1.54) is 24.3 Å². The predicted molar refractivity (Wildman–Crippen MR) is 93.6 cm³/mol. The van der Waals surface area contributed by atoms with E-state index in [-0.39, 0.29) is 17.1 Å². The molecule has 0 aromatic heterocycles. The van der Waals surface area contributed by atoms with Crippen molar-refractivity contribution in [2.75, 3.05) is 11.3 Å². The highest BCUT2D eigenvalue weighted by atomic mass is 32.2. The second-order valence-corrected chi connectivity index (χ2v) is 7.08. The number of hydrogen-bond acceptors (Lipinski definition) is 5. The molecule has 6 nitrogen and oxygen atoms in total. The summed E-state index contributed by atoms with van der Waals surface area (Å²) in [7, 11) is -3.73. The molecule has 0 saturated heterocycles. The molecule has 2 rings (SSSR count). The van der Waals surface area contributed by atoms with Gasteiger partial charge in [0.2, 0.25) is 0 Å². The van der Waals surface area contributed by atoms with Gasteiger partial charge in [0, 0.05) is 12.1 Å². The first kappa shape index (κ1) is 18.5. The van der Waals surface area contributed by atoms with Crippen molar-refractivity contribution in [1.82, 2.24) is 0 Å². The van der Waals surface area contributed by atoms with Crippen LogP contribution in [0.3, 0.4) is 0 Å². The molecule has 2 aromatic carbocycles. The number of sulfonamides is 1. The average molecular weight is 358 g/mol. The number of hydrogen-bond donors (Lipinski definition) is 1. The first-order chi connectivity index (χ1) is 11.9. The van der Waals surface area contributed by atoms with E-state index in [0.717, 1.165) is 5.56 Å². The molecule has 0 radical (unpaired) electrons. The van der Waals surface area contributed by atoms with Crippen LogP contribution >= 0.6 is 0 Å². The van der Waals surface area contributed by atoms with Gasteiger partial charge in [-0.3, -0.25) is 4.72 Å². The van der Waals surface area contributed by atoms with Crippen LogP contribution in [-0.2, 0) is 14.8 Å². The fraction of sp³-hybridized carbons (Fsp3) is 0.222. The average Bonchev–Trinajstić information content (AvgIpc) is 2.60. The number of esters is 1. The van der Waals surface area contributed by atoms with E-state index in [4.69, 9.17) is 10.00 Å². The van der Waals surface area contributed by atoms with Gasteiger partial charge in [-0.1, -0.05) is 17.7 Å². The number of unbranched alkanes of at least 4 members (excludes halogenated alkanes) is 1. The minimum absolute atomic E-state index is 0.0501. The van der Waals surface area contributed by atoms with Gasteiger partial charge in [-0.05, 0) is 49.7 Å². The molecule has 1 N–H and O–H groups in total. The zero-order valence-corrected chi connectivity index (χ0v) is 14.5. The second-order valence-electron chi connectivity index (χ2n) is 5.39. The Hall–Kier alpha value is -2.85. The van der Waals surface area contributed by atoms with E-state index in [9.17, 15) is 13.2 Å². The number of nitrogens with zero attached hydrogens (tertiary/aromatic N) is 1. The van der Waals surface area contributed by atoms with Crippen molar-refractivity contribution in [3.63, 3.8) is 0 Å². The number of benzene rings is 2. The fourth-order valence-electron chi connectivity index (χ4n) is 2.01. The molecule has 0 fully saturated rings. The quantitative estimate of drug-likeness (QED) is 0.605. The van der Waals surface area contributed by atoms with Crippen LogP contribution in [0.5, 0.6) is 0 Å². The Labute approximate surface area is 147 Å². The molecule has 0 saturated carbocycles. The molecular weight excluding hydrogens is 340 g/mol. The Bertz CT molecular complexity index is 867. The molecule has 25 heavy (non-hydrogen) atoms. The maximum absolute atomic E-state index is 12.4. The van der Waals surface area contributed by atoms with Crippen molar-refractivity contribution >= 4 is 21.7 Å². The molecule has 0 unspecified atom stereocenters. The molecular formula is C18H18N2O4S. The number of carbonyl (C=O) groups excluding carboxylic acids is 1. The number of ether oxygens (including phenoxy) is 1. The molecule has 0 aliphatic carbocycles. The minimum Gasteiger partial charge on any atom is -0.462 e. The molecule has 0 heterocycles. The van der Waals surface area contributed by atoms with Crippen molar-refractivity contribution in [2.24, 2.45) is 0 Å². The van der Waals surface area contributed by atoms with Gasteiger partial charge in [-0.2, -0.15) is 5.26 Å². The Morgan fingerprint density at radius 1 is 1.12 bits per heavy atom. The fourth-order valence-corrected chi connectivity index (χ4v) is 3.06. The lowest BCUT2D eigenvalue weighted by Crippen LogP contribution is -2.13. The van der Waals surface area contributed by atoms with Gasteiger partial charge in [0.05, 0.1) is 23.1 Å². The number of aryl methyl sites for hydroxylation is 1. The molecule has 0 aliphatic heterocycles. The van der Waals surface area contributed by atoms with E-state index in [0.29, 0.717) is 18.5 Å². The zero-order chi connectivity index (χ0) is 18.3. The van der Waals surface area contributed by atoms with Crippen LogP contribution in [0.25, 0.3) is 0 Å². The Morgan fingerprint density at radius 3 is 2.36 bits per heavy atom. The van der Waals surface area contributed by atoms with Crippen molar-refractivity contribution in [2.45, 2.75) is 24.7 Å². The first-order valence-corrected chi connectivity index (χ1v) is 9.14. The van der Waals surface area contributed by atoms with Gasteiger partial charge in [-0.15, -0.1) is 0 Å². The standard InChI is InChI=1S/C18H18N2O4S/c1-14-4-8-16(9-5-14)20-25(22,23)17-10-6-15(7-11-17)18(21)24-13-3-2-12-19/h4-11,20H,2-3,13H2,1H3. The minimum atomic E-state index is -3.73. The maximum atomic E-state index is 12.4. The summed E-state index contributed by atoms with van der Waals surface area (Å²) in [5.41, 5.74) is 1.75. The number of rotatable bonds is 7. The van der Waals surface area contributed by atoms with Crippen LogP contribution in [0.1, 0.15) is 28.8 Å². The van der Waals surface area contributed by atoms with Gasteiger partial charge in [0.1, 0.15) is 0 Å². The van der Waals surface area contributed by atoms with E-state index >= 15 is 0 Å². The van der Waals surface area contributed by atoms with Gasteiger partial charge in [0.15, 0.2) is 0 Å². The first-order valence-electron chi connectivity index (χ1n) is 7.66. The third-order valence-corrected chi connectivity index (χ3v) is 4.77. The molecule has 0 amide bonds. The van der Waals surface area contributed by atoms with Crippen molar-refractivity contribution in [3.8, 4) is 6.07 Å². The molecule has 0 aliphatic rings. The van der Waals surface area contributed by atoms with Gasteiger partial charge in [0.25, 0.3) is 10.0 Å². The summed E-state index contributed by atoms with van der Waals surface area (Å²) in [6.07, 6.45) is 0.782. The number of nitriles is 1. The van der Waals surface area contributed by atoms with Gasteiger partial charge >= 0.3 is 5.97 Å². The highest BCUT2D eigenvalue weighted by Crippen LogP contribution is 2.17. The van der Waals surface area contributed by atoms with Crippen molar-refractivity contribution in [1.29, 1.82) is 5.26 Å². The molecule has 0 bridgehead atoms. The monoisotopic (exact) mass is 358 g/mol. The lowest BCUT2D eigenvalue weighted by atomic mass is 10.2. The molecule has 0 atom stereocenters. The summed E-state index contributed by atoms with van der Waals surface area (Å²) in [5.74, 6) is -0.548. The summed E-state index contributed by atoms with van der Waals surface area (Å²) in [6.45, 7) is 2.07. The normalized spacial score (nSPS) is 10.7. The largest absolute Gasteiger partial charge is 0.462 e. The third-order valence-electron chi connectivity index (χ3n) is 3.37. The summed E-state index contributed by atoms with van der Waals surface area (Å²) in [4.78, 5) is 11.9. The van der Waals surface area contributed by atoms with E-state index in [1.54, 1.807) is 12.1 Å². The van der Waals surface area contributed by atoms with Crippen molar-refractivity contribution < 1.29 is 17.9 Å². The summed E-state index contributed by atoms with van der Waals surface area (Å²) < 4.78 is 32.2. The second kappa shape index (κ2) is 8.31. The molecule has 0 spiro atoms. The Morgan fingerprint density at radius 2 is 1.76 bits per heavy atom. The Kier molecular flexibility index (Phi) is 6.14. The smallest absolute Gasteiger partial charge is 0.338 e. The van der Waals surface area contributed by atoms with E-state index < -0.39 is 16.0 Å². The number of nitrogens with one attached hydrogen (secondary N) is 1. The van der Waals surface area contributed by atoms with Crippen LogP contribution in [0.2, 0.25) is 0 Å². The van der Waals surface area contributed by atoms with Crippen LogP contribution in [0, 0.1) is 18.3 Å². The van der Waals surface area contributed by atoms with Crippen LogP contribution in [0.15, 0.2) is 53.4 Å². The highest BCUT2D eigenvalue weighted by Gasteiger charge is 2.15. The lowest BCUT2D eigenvalue weighted by molar-refractivity contribution is 0.0501. The summed E-state index contributed by atoms with van der Waals surface area (Å²) in [6, 6.07) is 14.4. The predicted octanol–water partition coefficient (Wildman–Crippen LogP) is 3.26. The van der Waals surface area contributed by atoms with Gasteiger partial charge < -0.3 is 4.74 Å². The molecule has 130 valence electrons. The SMILES string of the molecule is Cc1ccc(NS(=O)(=O)c2ccc(C(=O)OCCCC#N)cc2)cc1. The lowest BCUT2D eigenvalue weighted by Gasteiger charge is -2.09. The van der Waals surface area contributed by atoms with Crippen LogP contribution in [0.4, 0.5) is 5.69 Å². The van der Waals surface area contributed by atoms with Gasteiger partial charge in [-0.25, -0.2) is 13.2 Å². The van der Waals surface area contributed by atoms with E-state index in [2.05, 4.69) is 4.72 Å². The topological polar surface area (TPSA) is 96.3 Å². The summed E-state index contributed by atoms with van der Waals surface area (Å²) in [5, 5.41) is 8.42. The summed E-state index contributed by atoms with van der Waals surface area (Å²) >= 11 is 0. The molecule has 2 aromatic rings.